The first kappa shape index (κ1) is 14.5. The molecule has 1 rings (SSSR count). The monoisotopic (exact) mass is 269 g/mol. The number of nitro benzene ring substituents is 1. The van der Waals surface area contributed by atoms with E-state index in [0.29, 0.717) is 17.1 Å². The smallest absolute Gasteiger partial charge is 0.309 e. The molecular formula is C12H15NO4S. The maximum Gasteiger partial charge on any atom is 0.309 e. The maximum absolute atomic E-state index is 10.9. The Hall–Kier alpha value is -1.56. The van der Waals surface area contributed by atoms with Crippen LogP contribution in [0.3, 0.4) is 0 Å². The van der Waals surface area contributed by atoms with Crippen molar-refractivity contribution in [3.63, 3.8) is 0 Å². The van der Waals surface area contributed by atoms with Crippen LogP contribution in [0.5, 0.6) is 0 Å². The quantitative estimate of drug-likeness (QED) is 0.487. The van der Waals surface area contributed by atoms with Crippen molar-refractivity contribution >= 4 is 23.4 Å². The summed E-state index contributed by atoms with van der Waals surface area (Å²) < 4.78 is 0. The summed E-state index contributed by atoms with van der Waals surface area (Å²) in [6.07, 6.45) is 0.457. The Morgan fingerprint density at radius 2 is 2.06 bits per heavy atom. The third-order valence-corrected chi connectivity index (χ3v) is 3.69. The van der Waals surface area contributed by atoms with Crippen molar-refractivity contribution < 1.29 is 14.8 Å². The predicted octanol–water partition coefficient (Wildman–Crippen LogP) is 3.19. The van der Waals surface area contributed by atoms with Crippen molar-refractivity contribution in [1.29, 1.82) is 0 Å². The van der Waals surface area contributed by atoms with Gasteiger partial charge in [0, 0.05) is 6.07 Å². The molecule has 0 aliphatic heterocycles. The number of nitro groups is 1. The number of carboxylic acids is 1. The highest BCUT2D eigenvalue weighted by Crippen LogP contribution is 2.32. The van der Waals surface area contributed by atoms with Gasteiger partial charge >= 0.3 is 5.97 Å². The summed E-state index contributed by atoms with van der Waals surface area (Å²) in [5, 5.41) is 19.8. The van der Waals surface area contributed by atoms with Gasteiger partial charge in [0.05, 0.1) is 15.2 Å². The van der Waals surface area contributed by atoms with E-state index in [0.717, 1.165) is 0 Å². The van der Waals surface area contributed by atoms with Gasteiger partial charge in [0.2, 0.25) is 0 Å². The van der Waals surface area contributed by atoms with Crippen LogP contribution in [0.1, 0.15) is 20.3 Å². The highest BCUT2D eigenvalue weighted by molar-refractivity contribution is 7.99. The molecule has 0 saturated carbocycles. The zero-order valence-electron chi connectivity index (χ0n) is 10.3. The van der Waals surface area contributed by atoms with Gasteiger partial charge in [-0.25, -0.2) is 0 Å². The van der Waals surface area contributed by atoms with Crippen LogP contribution < -0.4 is 0 Å². The highest BCUT2D eigenvalue weighted by atomic mass is 32.2. The van der Waals surface area contributed by atoms with Crippen LogP contribution in [0.4, 0.5) is 5.69 Å². The Kier molecular flexibility index (Phi) is 4.72. The molecule has 0 aliphatic carbocycles. The minimum Gasteiger partial charge on any atom is -0.481 e. The molecule has 18 heavy (non-hydrogen) atoms. The summed E-state index contributed by atoms with van der Waals surface area (Å²) in [5.74, 6) is -0.324. The molecule has 1 aromatic rings. The molecule has 0 amide bonds. The van der Waals surface area contributed by atoms with Crippen molar-refractivity contribution in [3.05, 3.63) is 34.4 Å². The fraction of sp³-hybridized carbons (Fsp3) is 0.417. The first-order chi connectivity index (χ1) is 8.34. The van der Waals surface area contributed by atoms with E-state index >= 15 is 0 Å². The molecule has 5 nitrogen and oxygen atoms in total. The number of carboxylic acid groups (broad SMARTS) is 1. The highest BCUT2D eigenvalue weighted by Gasteiger charge is 2.26. The van der Waals surface area contributed by atoms with Crippen LogP contribution in [0, 0.1) is 15.5 Å². The van der Waals surface area contributed by atoms with Gasteiger partial charge in [-0.3, -0.25) is 14.9 Å². The molecule has 98 valence electrons. The number of hydrogen-bond acceptors (Lipinski definition) is 4. The van der Waals surface area contributed by atoms with Crippen LogP contribution in [-0.4, -0.2) is 21.8 Å². The maximum atomic E-state index is 10.9. The van der Waals surface area contributed by atoms with E-state index in [-0.39, 0.29) is 5.69 Å². The van der Waals surface area contributed by atoms with Crippen LogP contribution >= 0.6 is 11.8 Å². The summed E-state index contributed by atoms with van der Waals surface area (Å²) >= 11 is 1.31. The first-order valence-corrected chi connectivity index (χ1v) is 6.43. The Labute approximate surface area is 109 Å². The molecule has 0 radical (unpaired) electrons. The van der Waals surface area contributed by atoms with Crippen molar-refractivity contribution in [3.8, 4) is 0 Å². The van der Waals surface area contributed by atoms with E-state index in [2.05, 4.69) is 0 Å². The van der Waals surface area contributed by atoms with Gasteiger partial charge < -0.3 is 5.11 Å². The molecular weight excluding hydrogens is 254 g/mol. The molecule has 0 spiro atoms. The number of hydrogen-bond donors (Lipinski definition) is 1. The number of rotatable bonds is 6. The second-order valence-electron chi connectivity index (χ2n) is 4.51. The number of carbonyl (C=O) groups is 1. The van der Waals surface area contributed by atoms with E-state index in [4.69, 9.17) is 5.11 Å². The van der Waals surface area contributed by atoms with Gasteiger partial charge in [-0.1, -0.05) is 12.1 Å². The minimum atomic E-state index is -0.856. The molecule has 0 fully saturated rings. The normalized spacial score (nSPS) is 11.2. The number of aliphatic carboxylic acids is 1. The summed E-state index contributed by atoms with van der Waals surface area (Å²) in [6, 6.07) is 6.47. The topological polar surface area (TPSA) is 80.4 Å². The lowest BCUT2D eigenvalue weighted by molar-refractivity contribution is -0.387. The van der Waals surface area contributed by atoms with Crippen LogP contribution in [0.15, 0.2) is 29.2 Å². The first-order valence-electron chi connectivity index (χ1n) is 5.44. The summed E-state index contributed by atoms with van der Waals surface area (Å²) in [4.78, 5) is 21.9. The molecule has 1 aromatic carbocycles. The van der Waals surface area contributed by atoms with Crippen molar-refractivity contribution in [1.82, 2.24) is 0 Å². The van der Waals surface area contributed by atoms with Crippen molar-refractivity contribution in [2.24, 2.45) is 5.41 Å². The Balaban J connectivity index is 2.65. The number of nitrogens with zero attached hydrogens (tertiary/aromatic N) is 1. The number of thioether (sulfide) groups is 1. The molecule has 0 heterocycles. The molecule has 0 bridgehead atoms. The number of para-hydroxylation sites is 1. The molecule has 0 aliphatic rings. The second-order valence-corrected chi connectivity index (χ2v) is 5.65. The van der Waals surface area contributed by atoms with Crippen molar-refractivity contribution in [2.75, 3.05) is 5.75 Å². The Bertz CT molecular complexity index is 459. The third-order valence-electron chi connectivity index (χ3n) is 2.63. The molecule has 0 unspecified atom stereocenters. The number of benzene rings is 1. The zero-order chi connectivity index (χ0) is 13.8. The SMILES string of the molecule is CC(C)(CCSc1ccccc1[N+](=O)[O-])C(=O)O. The molecule has 0 atom stereocenters. The van der Waals surface area contributed by atoms with E-state index in [1.165, 1.54) is 17.8 Å². The fourth-order valence-corrected chi connectivity index (χ4v) is 2.55. The van der Waals surface area contributed by atoms with Gasteiger partial charge in [0.25, 0.3) is 5.69 Å². The van der Waals surface area contributed by atoms with E-state index in [1.807, 2.05) is 0 Å². The summed E-state index contributed by atoms with van der Waals surface area (Å²) in [5.41, 5.74) is -0.744. The second kappa shape index (κ2) is 5.86. The molecule has 0 aromatic heterocycles. The lowest BCUT2D eigenvalue weighted by Gasteiger charge is -2.18. The third kappa shape index (κ3) is 3.73. The van der Waals surface area contributed by atoms with Gasteiger partial charge in [0.15, 0.2) is 0 Å². The van der Waals surface area contributed by atoms with E-state index in [9.17, 15) is 14.9 Å². The lowest BCUT2D eigenvalue weighted by Crippen LogP contribution is -2.24. The zero-order valence-corrected chi connectivity index (χ0v) is 11.1. The van der Waals surface area contributed by atoms with Gasteiger partial charge in [-0.15, -0.1) is 11.8 Å². The standard InChI is InChI=1S/C12H15NO4S/c1-12(2,11(14)15)7-8-18-10-6-4-3-5-9(10)13(16)17/h3-6H,7-8H2,1-2H3,(H,14,15). The van der Waals surface area contributed by atoms with Crippen LogP contribution in [0.2, 0.25) is 0 Å². The van der Waals surface area contributed by atoms with E-state index in [1.54, 1.807) is 32.0 Å². The lowest BCUT2D eigenvalue weighted by atomic mass is 9.91. The van der Waals surface area contributed by atoms with Crippen molar-refractivity contribution in [2.45, 2.75) is 25.2 Å². The average Bonchev–Trinajstić information content (AvgIpc) is 2.29. The van der Waals surface area contributed by atoms with Gasteiger partial charge in [-0.05, 0) is 32.1 Å². The van der Waals surface area contributed by atoms with Crippen LogP contribution in [0.25, 0.3) is 0 Å². The Morgan fingerprint density at radius 3 is 2.61 bits per heavy atom. The Morgan fingerprint density at radius 1 is 1.44 bits per heavy atom. The molecule has 0 saturated heterocycles. The average molecular weight is 269 g/mol. The van der Waals surface area contributed by atoms with Crippen LogP contribution in [-0.2, 0) is 4.79 Å². The largest absolute Gasteiger partial charge is 0.481 e. The fourth-order valence-electron chi connectivity index (χ4n) is 1.25. The van der Waals surface area contributed by atoms with E-state index < -0.39 is 16.3 Å². The minimum absolute atomic E-state index is 0.0654. The summed E-state index contributed by atoms with van der Waals surface area (Å²) in [6.45, 7) is 3.30. The molecule has 1 N–H and O–H groups in total. The summed E-state index contributed by atoms with van der Waals surface area (Å²) in [7, 11) is 0. The molecule has 6 heteroatoms. The predicted molar refractivity (Wildman–Crippen MR) is 69.9 cm³/mol. The van der Waals surface area contributed by atoms with Gasteiger partial charge in [-0.2, -0.15) is 0 Å². The van der Waals surface area contributed by atoms with Gasteiger partial charge in [0.1, 0.15) is 0 Å².